The molecule has 0 bridgehead atoms. The number of carbonyl (C=O) groups is 2. The molecule has 208 valence electrons. The van der Waals surface area contributed by atoms with Gasteiger partial charge in [-0.2, -0.15) is 0 Å². The molecule has 9 heteroatoms. The minimum absolute atomic E-state index is 0.0790. The molecule has 3 aromatic rings. The van der Waals surface area contributed by atoms with Crippen LogP contribution in [-0.4, -0.2) is 43.3 Å². The Morgan fingerprint density at radius 1 is 0.897 bits per heavy atom. The fraction of sp³-hybridized carbons (Fsp3) is 0.333. The predicted molar refractivity (Wildman–Crippen MR) is 159 cm³/mol. The molecule has 0 aliphatic rings. The molecule has 39 heavy (non-hydrogen) atoms. The van der Waals surface area contributed by atoms with Crippen LogP contribution in [0, 0.1) is 0 Å². The molecule has 0 spiro atoms. The Hall–Kier alpha value is -3.17. The molecule has 7 nitrogen and oxygen atoms in total. The van der Waals surface area contributed by atoms with Crippen molar-refractivity contribution >= 4 is 43.5 Å². The molecular weight excluding hydrogens is 578 g/mol. The minimum Gasteiger partial charge on any atom is -0.350 e. The SMILES string of the molecule is CCc1ccc(N(CC(=O)N(Cc2ccc(Br)cc2)[C@H](C)C(=O)NC(C)(C)C)S(=O)(=O)c2ccccc2)cc1. The number of nitrogens with zero attached hydrogens (tertiary/aromatic N) is 2. The highest BCUT2D eigenvalue weighted by atomic mass is 79.9. The van der Waals surface area contributed by atoms with Gasteiger partial charge in [-0.3, -0.25) is 13.9 Å². The number of hydrogen-bond acceptors (Lipinski definition) is 4. The van der Waals surface area contributed by atoms with E-state index >= 15 is 0 Å². The average molecular weight is 615 g/mol. The van der Waals surface area contributed by atoms with Gasteiger partial charge in [-0.1, -0.05) is 65.3 Å². The number of halogens is 1. The zero-order valence-electron chi connectivity index (χ0n) is 23.0. The van der Waals surface area contributed by atoms with Crippen molar-refractivity contribution in [1.82, 2.24) is 10.2 Å². The molecule has 0 fully saturated rings. The summed E-state index contributed by atoms with van der Waals surface area (Å²) in [6.07, 6.45) is 0.798. The zero-order chi connectivity index (χ0) is 28.8. The summed E-state index contributed by atoms with van der Waals surface area (Å²) in [5, 5.41) is 2.93. The normalized spacial score (nSPS) is 12.5. The number of aryl methyl sites for hydroxylation is 1. The highest BCUT2D eigenvalue weighted by Gasteiger charge is 2.33. The van der Waals surface area contributed by atoms with Crippen molar-refractivity contribution < 1.29 is 18.0 Å². The second-order valence-corrected chi connectivity index (χ2v) is 13.2. The maximum absolute atomic E-state index is 13.9. The van der Waals surface area contributed by atoms with E-state index in [0.29, 0.717) is 5.69 Å². The van der Waals surface area contributed by atoms with E-state index in [0.717, 1.165) is 26.3 Å². The summed E-state index contributed by atoms with van der Waals surface area (Å²) in [5.74, 6) is -0.814. The second-order valence-electron chi connectivity index (χ2n) is 10.4. The van der Waals surface area contributed by atoms with Gasteiger partial charge < -0.3 is 10.2 Å². The highest BCUT2D eigenvalue weighted by Crippen LogP contribution is 2.25. The van der Waals surface area contributed by atoms with Crippen molar-refractivity contribution in [3.8, 4) is 0 Å². The molecule has 0 unspecified atom stereocenters. The van der Waals surface area contributed by atoms with Gasteiger partial charge in [0.1, 0.15) is 12.6 Å². The Morgan fingerprint density at radius 3 is 2.00 bits per heavy atom. The number of carbonyl (C=O) groups excluding carboxylic acids is 2. The lowest BCUT2D eigenvalue weighted by Crippen LogP contribution is -2.54. The van der Waals surface area contributed by atoms with Crippen molar-refractivity contribution in [1.29, 1.82) is 0 Å². The lowest BCUT2D eigenvalue weighted by atomic mass is 10.1. The smallest absolute Gasteiger partial charge is 0.264 e. The number of rotatable bonds is 10. The van der Waals surface area contributed by atoms with Gasteiger partial charge in [-0.05, 0) is 81.6 Å². The van der Waals surface area contributed by atoms with E-state index in [-0.39, 0.29) is 17.3 Å². The van der Waals surface area contributed by atoms with E-state index in [1.165, 1.54) is 17.0 Å². The molecule has 0 aromatic heterocycles. The molecule has 1 atom stereocenters. The molecule has 0 aliphatic heterocycles. The standard InChI is InChI=1S/C30H36BrN3O4S/c1-6-23-14-18-26(19-15-23)34(39(37,38)27-10-8-7-9-11-27)21-28(35)33(20-24-12-16-25(31)17-13-24)22(2)29(36)32-30(3,4)5/h7-19,22H,6,20-21H2,1-5H3,(H,32,36)/t22-/m1/s1. The lowest BCUT2D eigenvalue weighted by Gasteiger charge is -2.33. The Morgan fingerprint density at radius 2 is 1.46 bits per heavy atom. The van der Waals surface area contributed by atoms with Gasteiger partial charge in [0, 0.05) is 16.6 Å². The van der Waals surface area contributed by atoms with Crippen molar-refractivity contribution in [2.75, 3.05) is 10.8 Å². The zero-order valence-corrected chi connectivity index (χ0v) is 25.4. The average Bonchev–Trinajstić information content (AvgIpc) is 2.90. The Balaban J connectivity index is 2.02. The van der Waals surface area contributed by atoms with E-state index < -0.39 is 34.1 Å². The largest absolute Gasteiger partial charge is 0.350 e. The van der Waals surface area contributed by atoms with Gasteiger partial charge in [0.2, 0.25) is 11.8 Å². The van der Waals surface area contributed by atoms with Crippen LogP contribution < -0.4 is 9.62 Å². The number of benzene rings is 3. The van der Waals surface area contributed by atoms with Crippen LogP contribution in [0.25, 0.3) is 0 Å². The van der Waals surface area contributed by atoms with Gasteiger partial charge in [-0.15, -0.1) is 0 Å². The van der Waals surface area contributed by atoms with E-state index in [4.69, 9.17) is 0 Å². The van der Waals surface area contributed by atoms with Gasteiger partial charge in [0.05, 0.1) is 10.6 Å². The number of nitrogens with one attached hydrogen (secondary N) is 1. The molecule has 0 heterocycles. The van der Waals surface area contributed by atoms with Gasteiger partial charge in [-0.25, -0.2) is 8.42 Å². The number of sulfonamides is 1. The lowest BCUT2D eigenvalue weighted by molar-refractivity contribution is -0.140. The van der Waals surface area contributed by atoms with E-state index in [9.17, 15) is 18.0 Å². The fourth-order valence-corrected chi connectivity index (χ4v) is 5.69. The van der Waals surface area contributed by atoms with Crippen LogP contribution in [0.4, 0.5) is 5.69 Å². The van der Waals surface area contributed by atoms with Gasteiger partial charge in [0.15, 0.2) is 0 Å². The summed E-state index contributed by atoms with van der Waals surface area (Å²) in [6.45, 7) is 8.95. The monoisotopic (exact) mass is 613 g/mol. The van der Waals surface area contributed by atoms with E-state index in [1.54, 1.807) is 37.3 Å². The van der Waals surface area contributed by atoms with Gasteiger partial charge >= 0.3 is 0 Å². The van der Waals surface area contributed by atoms with Crippen molar-refractivity contribution in [2.45, 2.75) is 64.1 Å². The fourth-order valence-electron chi connectivity index (χ4n) is 3.99. The van der Waals surface area contributed by atoms with Crippen LogP contribution in [-0.2, 0) is 32.6 Å². The summed E-state index contributed by atoms with van der Waals surface area (Å²) < 4.78 is 29.6. The van der Waals surface area contributed by atoms with Crippen LogP contribution in [0.1, 0.15) is 45.7 Å². The second kappa shape index (κ2) is 12.8. The Labute approximate surface area is 240 Å². The molecule has 2 amide bonds. The van der Waals surface area contributed by atoms with Crippen LogP contribution in [0.3, 0.4) is 0 Å². The molecule has 0 saturated heterocycles. The summed E-state index contributed by atoms with van der Waals surface area (Å²) >= 11 is 3.42. The first kappa shape index (κ1) is 30.4. The molecule has 3 rings (SSSR count). The summed E-state index contributed by atoms with van der Waals surface area (Å²) in [5.41, 5.74) is 1.74. The highest BCUT2D eigenvalue weighted by molar-refractivity contribution is 9.10. The first-order valence-corrected chi connectivity index (χ1v) is 15.1. The maximum Gasteiger partial charge on any atom is 0.264 e. The van der Waals surface area contributed by atoms with E-state index in [2.05, 4.69) is 21.2 Å². The Kier molecular flexibility index (Phi) is 9.96. The minimum atomic E-state index is -4.08. The van der Waals surface area contributed by atoms with Crippen molar-refractivity contribution in [2.24, 2.45) is 0 Å². The van der Waals surface area contributed by atoms with Crippen LogP contribution in [0.5, 0.6) is 0 Å². The van der Waals surface area contributed by atoms with Crippen molar-refractivity contribution in [3.05, 3.63) is 94.5 Å². The summed E-state index contributed by atoms with van der Waals surface area (Å²) in [6, 6.07) is 21.8. The predicted octanol–water partition coefficient (Wildman–Crippen LogP) is 5.54. The number of anilines is 1. The molecular formula is C30H36BrN3O4S. The molecule has 0 saturated carbocycles. The topological polar surface area (TPSA) is 86.8 Å². The first-order valence-electron chi connectivity index (χ1n) is 12.8. The third-order valence-electron chi connectivity index (χ3n) is 6.17. The van der Waals surface area contributed by atoms with E-state index in [1.807, 2.05) is 64.1 Å². The van der Waals surface area contributed by atoms with Crippen LogP contribution in [0.2, 0.25) is 0 Å². The molecule has 0 radical (unpaired) electrons. The van der Waals surface area contributed by atoms with Crippen LogP contribution >= 0.6 is 15.9 Å². The summed E-state index contributed by atoms with van der Waals surface area (Å²) in [7, 11) is -4.08. The third kappa shape index (κ3) is 8.16. The van der Waals surface area contributed by atoms with Gasteiger partial charge in [0.25, 0.3) is 10.0 Å². The number of hydrogen-bond donors (Lipinski definition) is 1. The maximum atomic E-state index is 13.9. The van der Waals surface area contributed by atoms with Crippen LogP contribution in [0.15, 0.2) is 88.2 Å². The number of amides is 2. The quantitative estimate of drug-likeness (QED) is 0.325. The molecule has 1 N–H and O–H groups in total. The molecule has 3 aromatic carbocycles. The molecule has 0 aliphatic carbocycles. The first-order chi connectivity index (χ1) is 18.3. The summed E-state index contributed by atoms with van der Waals surface area (Å²) in [4.78, 5) is 28.6. The Bertz CT molecular complexity index is 1370. The third-order valence-corrected chi connectivity index (χ3v) is 8.49. The van der Waals surface area contributed by atoms with Crippen molar-refractivity contribution in [3.63, 3.8) is 0 Å².